The van der Waals surface area contributed by atoms with E-state index < -0.39 is 12.2 Å². The third-order valence-corrected chi connectivity index (χ3v) is 2.10. The number of aliphatic hydroxyl groups is 1. The molecule has 2 atom stereocenters. The largest absolute Gasteiger partial charge is 0.447 e. The van der Waals surface area contributed by atoms with E-state index in [1.54, 1.807) is 13.8 Å². The van der Waals surface area contributed by atoms with Crippen molar-refractivity contribution in [3.05, 3.63) is 0 Å². The minimum atomic E-state index is -0.525. The molecule has 1 amide bonds. The van der Waals surface area contributed by atoms with Crippen LogP contribution in [-0.2, 0) is 4.74 Å². The normalized spacial score (nSPS) is 27.4. The van der Waals surface area contributed by atoms with Crippen LogP contribution in [0.1, 0.15) is 20.3 Å². The lowest BCUT2D eigenvalue weighted by Gasteiger charge is -2.28. The van der Waals surface area contributed by atoms with Crippen molar-refractivity contribution < 1.29 is 14.6 Å². The van der Waals surface area contributed by atoms with Crippen molar-refractivity contribution in [3.63, 3.8) is 0 Å². The highest BCUT2D eigenvalue weighted by Gasteiger charge is 2.24. The molecule has 0 radical (unpaired) electrons. The molecule has 82 valence electrons. The number of nitrogens with one attached hydrogen (secondary N) is 2. The maximum atomic E-state index is 11.2. The van der Waals surface area contributed by atoms with Gasteiger partial charge in [-0.25, -0.2) is 4.79 Å². The first-order valence-electron chi connectivity index (χ1n) is 4.95. The van der Waals surface area contributed by atoms with Crippen molar-refractivity contribution in [2.75, 3.05) is 13.1 Å². The van der Waals surface area contributed by atoms with Gasteiger partial charge in [0.05, 0.1) is 18.2 Å². The van der Waals surface area contributed by atoms with Crippen LogP contribution in [0.3, 0.4) is 0 Å². The van der Waals surface area contributed by atoms with Gasteiger partial charge < -0.3 is 20.5 Å². The summed E-state index contributed by atoms with van der Waals surface area (Å²) in [6.45, 7) is 4.91. The van der Waals surface area contributed by atoms with Crippen molar-refractivity contribution in [1.29, 1.82) is 0 Å². The zero-order valence-electron chi connectivity index (χ0n) is 8.62. The smallest absolute Gasteiger partial charge is 0.407 e. The molecule has 0 spiro atoms. The predicted octanol–water partition coefficient (Wildman–Crippen LogP) is -0.156. The van der Waals surface area contributed by atoms with Gasteiger partial charge in [-0.2, -0.15) is 0 Å². The summed E-state index contributed by atoms with van der Waals surface area (Å²) in [4.78, 5) is 11.2. The molecule has 0 saturated carbocycles. The summed E-state index contributed by atoms with van der Waals surface area (Å²) in [6, 6.07) is -0.192. The second-order valence-corrected chi connectivity index (χ2v) is 3.77. The number of rotatable bonds is 2. The number of carbonyl (C=O) groups is 1. The van der Waals surface area contributed by atoms with Crippen LogP contribution >= 0.6 is 0 Å². The summed E-state index contributed by atoms with van der Waals surface area (Å²) >= 11 is 0. The summed E-state index contributed by atoms with van der Waals surface area (Å²) < 4.78 is 4.92. The van der Waals surface area contributed by atoms with Crippen LogP contribution in [0.5, 0.6) is 0 Å². The third-order valence-electron chi connectivity index (χ3n) is 2.10. The number of alkyl carbamates (subject to hydrolysis) is 1. The topological polar surface area (TPSA) is 70.6 Å². The molecule has 1 aliphatic heterocycles. The molecule has 14 heavy (non-hydrogen) atoms. The molecule has 0 aliphatic carbocycles. The van der Waals surface area contributed by atoms with Gasteiger partial charge in [-0.05, 0) is 26.8 Å². The molecule has 0 aromatic rings. The fourth-order valence-electron chi connectivity index (χ4n) is 1.41. The first kappa shape index (κ1) is 11.3. The van der Waals surface area contributed by atoms with E-state index in [0.717, 1.165) is 13.0 Å². The van der Waals surface area contributed by atoms with Gasteiger partial charge in [0.2, 0.25) is 0 Å². The van der Waals surface area contributed by atoms with Gasteiger partial charge in [0.1, 0.15) is 0 Å². The van der Waals surface area contributed by atoms with Gasteiger partial charge >= 0.3 is 6.09 Å². The highest BCUT2D eigenvalue weighted by Crippen LogP contribution is 2.04. The number of hydrogen-bond donors (Lipinski definition) is 3. The number of ether oxygens (including phenoxy) is 1. The van der Waals surface area contributed by atoms with E-state index in [2.05, 4.69) is 10.6 Å². The Morgan fingerprint density at radius 1 is 1.64 bits per heavy atom. The van der Waals surface area contributed by atoms with Crippen molar-refractivity contribution >= 4 is 6.09 Å². The Balaban J connectivity index is 2.31. The average Bonchev–Trinajstić information content (AvgIpc) is 2.07. The van der Waals surface area contributed by atoms with E-state index in [1.807, 2.05) is 0 Å². The lowest BCUT2D eigenvalue weighted by atomic mass is 10.0. The third kappa shape index (κ3) is 3.51. The molecule has 1 heterocycles. The number of aliphatic hydroxyl groups excluding tert-OH is 1. The number of piperidine rings is 1. The standard InChI is InChI=1S/C9H18N2O3/c1-6(2)14-9(13)11-7-3-4-10-5-8(7)12/h6-8,10,12H,3-5H2,1-2H3,(H,11,13)/t7-,8-/m0/s1. The molecule has 5 nitrogen and oxygen atoms in total. The molecule has 1 rings (SSSR count). The summed E-state index contributed by atoms with van der Waals surface area (Å²) in [7, 11) is 0. The Morgan fingerprint density at radius 2 is 2.36 bits per heavy atom. The zero-order chi connectivity index (χ0) is 10.6. The van der Waals surface area contributed by atoms with E-state index in [9.17, 15) is 9.90 Å². The number of amides is 1. The van der Waals surface area contributed by atoms with Crippen molar-refractivity contribution in [1.82, 2.24) is 10.6 Å². The monoisotopic (exact) mass is 202 g/mol. The number of carbonyl (C=O) groups excluding carboxylic acids is 1. The van der Waals surface area contributed by atoms with Gasteiger partial charge in [-0.15, -0.1) is 0 Å². The summed E-state index contributed by atoms with van der Waals surface area (Å²) in [5.74, 6) is 0. The molecule has 0 aromatic carbocycles. The molecule has 5 heteroatoms. The Morgan fingerprint density at radius 3 is 2.93 bits per heavy atom. The summed E-state index contributed by atoms with van der Waals surface area (Å²) in [5, 5.41) is 15.2. The van der Waals surface area contributed by atoms with Crippen LogP contribution < -0.4 is 10.6 Å². The molecular weight excluding hydrogens is 184 g/mol. The fourth-order valence-corrected chi connectivity index (χ4v) is 1.41. The molecule has 1 aliphatic rings. The van der Waals surface area contributed by atoms with Gasteiger partial charge in [0.15, 0.2) is 0 Å². The van der Waals surface area contributed by atoms with Crippen molar-refractivity contribution in [2.45, 2.75) is 38.5 Å². The maximum Gasteiger partial charge on any atom is 0.407 e. The lowest BCUT2D eigenvalue weighted by Crippen LogP contribution is -2.53. The maximum absolute atomic E-state index is 11.2. The zero-order valence-corrected chi connectivity index (χ0v) is 8.62. The fraction of sp³-hybridized carbons (Fsp3) is 0.889. The van der Waals surface area contributed by atoms with Gasteiger partial charge in [-0.3, -0.25) is 0 Å². The van der Waals surface area contributed by atoms with Crippen LogP contribution in [0.2, 0.25) is 0 Å². The Hall–Kier alpha value is -0.810. The Labute approximate surface area is 83.8 Å². The molecule has 0 aromatic heterocycles. The SMILES string of the molecule is CC(C)OC(=O)N[C@H]1CCNC[C@@H]1O. The van der Waals surface area contributed by atoms with Crippen LogP contribution in [0.4, 0.5) is 4.79 Å². The first-order valence-corrected chi connectivity index (χ1v) is 4.95. The van der Waals surface area contributed by atoms with E-state index in [0.29, 0.717) is 6.54 Å². The summed E-state index contributed by atoms with van der Waals surface area (Å²) in [5.41, 5.74) is 0. The predicted molar refractivity (Wildman–Crippen MR) is 52.0 cm³/mol. The Bertz CT molecular complexity index is 196. The minimum Gasteiger partial charge on any atom is -0.447 e. The van der Waals surface area contributed by atoms with E-state index in [4.69, 9.17) is 4.74 Å². The summed E-state index contributed by atoms with van der Waals surface area (Å²) in [6.07, 6.45) is -0.378. The average molecular weight is 202 g/mol. The van der Waals surface area contributed by atoms with E-state index in [1.165, 1.54) is 0 Å². The van der Waals surface area contributed by atoms with Crippen LogP contribution in [0.25, 0.3) is 0 Å². The van der Waals surface area contributed by atoms with Gasteiger partial charge in [-0.1, -0.05) is 0 Å². The highest BCUT2D eigenvalue weighted by atomic mass is 16.6. The highest BCUT2D eigenvalue weighted by molar-refractivity contribution is 5.67. The second kappa shape index (κ2) is 5.17. The Kier molecular flexibility index (Phi) is 4.16. The first-order chi connectivity index (χ1) is 6.59. The van der Waals surface area contributed by atoms with Gasteiger partial charge in [0, 0.05) is 6.54 Å². The molecule has 3 N–H and O–H groups in total. The quantitative estimate of drug-likeness (QED) is 0.582. The van der Waals surface area contributed by atoms with Crippen LogP contribution in [-0.4, -0.2) is 42.5 Å². The molecule has 1 saturated heterocycles. The number of hydrogen-bond acceptors (Lipinski definition) is 4. The lowest BCUT2D eigenvalue weighted by molar-refractivity contribution is 0.0777. The van der Waals surface area contributed by atoms with E-state index >= 15 is 0 Å². The molecule has 0 bridgehead atoms. The van der Waals surface area contributed by atoms with E-state index in [-0.39, 0.29) is 12.1 Å². The molecule has 1 fully saturated rings. The van der Waals surface area contributed by atoms with Crippen LogP contribution in [0, 0.1) is 0 Å². The number of β-amino-alcohol motifs (C(OH)–C–C–N with tert-alkyl or cyclic N) is 1. The van der Waals surface area contributed by atoms with Crippen molar-refractivity contribution in [3.8, 4) is 0 Å². The molecule has 0 unspecified atom stereocenters. The van der Waals surface area contributed by atoms with Gasteiger partial charge in [0.25, 0.3) is 0 Å². The van der Waals surface area contributed by atoms with Crippen LogP contribution in [0.15, 0.2) is 0 Å². The molecular formula is C9H18N2O3. The minimum absolute atomic E-state index is 0.131. The second-order valence-electron chi connectivity index (χ2n) is 3.77. The van der Waals surface area contributed by atoms with Crippen molar-refractivity contribution in [2.24, 2.45) is 0 Å².